The first-order chi connectivity index (χ1) is 12.0. The lowest BCUT2D eigenvalue weighted by Crippen LogP contribution is -2.12. The van der Waals surface area contributed by atoms with Crippen LogP contribution in [0.25, 0.3) is 0 Å². The fourth-order valence-electron chi connectivity index (χ4n) is 2.47. The summed E-state index contributed by atoms with van der Waals surface area (Å²) in [6.45, 7) is 3.89. The summed E-state index contributed by atoms with van der Waals surface area (Å²) in [5.41, 5.74) is 2.55. The Labute approximate surface area is 161 Å². The van der Waals surface area contributed by atoms with Crippen molar-refractivity contribution >= 4 is 46.7 Å². The maximum absolute atomic E-state index is 12.4. The van der Waals surface area contributed by atoms with Crippen LogP contribution in [0.15, 0.2) is 42.5 Å². The lowest BCUT2D eigenvalue weighted by atomic mass is 10.1. The van der Waals surface area contributed by atoms with Gasteiger partial charge in [-0.2, -0.15) is 0 Å². The fourth-order valence-corrected chi connectivity index (χ4v) is 5.56. The molecule has 3 rings (SSSR count). The van der Waals surface area contributed by atoms with Crippen LogP contribution in [0.4, 0.5) is 5.69 Å². The molecule has 0 unspecified atom stereocenters. The zero-order chi connectivity index (χ0) is 17.8. The highest BCUT2D eigenvalue weighted by Gasteiger charge is 2.18. The van der Waals surface area contributed by atoms with E-state index in [4.69, 9.17) is 16.3 Å². The lowest BCUT2D eigenvalue weighted by molar-refractivity contribution is 0.102. The topological polar surface area (TPSA) is 38.3 Å². The van der Waals surface area contributed by atoms with Gasteiger partial charge in [0.25, 0.3) is 5.91 Å². The van der Waals surface area contributed by atoms with E-state index in [9.17, 15) is 4.79 Å². The molecule has 2 aromatic rings. The molecule has 1 saturated heterocycles. The number of ether oxygens (including phenoxy) is 1. The number of carbonyl (C=O) groups is 1. The molecular weight excluding hydrogens is 374 g/mol. The van der Waals surface area contributed by atoms with Crippen LogP contribution in [0, 0.1) is 0 Å². The first-order valence-electron chi connectivity index (χ1n) is 8.13. The zero-order valence-electron chi connectivity index (χ0n) is 14.1. The average Bonchev–Trinajstić information content (AvgIpc) is 3.12. The van der Waals surface area contributed by atoms with Gasteiger partial charge in [0.05, 0.1) is 15.7 Å². The Morgan fingerprint density at radius 2 is 1.84 bits per heavy atom. The molecule has 2 aromatic carbocycles. The van der Waals surface area contributed by atoms with Crippen LogP contribution in [0.5, 0.6) is 5.75 Å². The van der Waals surface area contributed by atoms with E-state index in [1.54, 1.807) is 18.2 Å². The van der Waals surface area contributed by atoms with Crippen molar-refractivity contribution in [3.8, 4) is 5.75 Å². The van der Waals surface area contributed by atoms with E-state index in [0.717, 1.165) is 0 Å². The van der Waals surface area contributed by atoms with Crippen LogP contribution in [-0.4, -0.2) is 23.5 Å². The molecule has 0 spiro atoms. The number of amides is 1. The highest BCUT2D eigenvalue weighted by Crippen LogP contribution is 2.45. The van der Waals surface area contributed by atoms with Crippen molar-refractivity contribution in [3.05, 3.63) is 58.6 Å². The number of anilines is 1. The summed E-state index contributed by atoms with van der Waals surface area (Å²) in [6, 6.07) is 13.1. The van der Waals surface area contributed by atoms with Crippen molar-refractivity contribution in [3.63, 3.8) is 0 Å². The molecule has 0 aliphatic carbocycles. The third kappa shape index (κ3) is 4.87. The maximum atomic E-state index is 12.4. The van der Waals surface area contributed by atoms with Gasteiger partial charge in [-0.25, -0.2) is 0 Å². The second kappa shape index (κ2) is 8.39. The van der Waals surface area contributed by atoms with Gasteiger partial charge < -0.3 is 10.1 Å². The SMILES string of the molecule is CC(C)Oc1ccc(NC(=O)c2ccc(C3SCCS3)cc2)cc1Cl. The van der Waals surface area contributed by atoms with E-state index in [-0.39, 0.29) is 12.0 Å². The summed E-state index contributed by atoms with van der Waals surface area (Å²) in [5.74, 6) is 2.85. The summed E-state index contributed by atoms with van der Waals surface area (Å²) in [6.07, 6.45) is 0.0487. The number of nitrogens with one attached hydrogen (secondary N) is 1. The van der Waals surface area contributed by atoms with Gasteiger partial charge >= 0.3 is 0 Å². The number of benzene rings is 2. The maximum Gasteiger partial charge on any atom is 0.255 e. The van der Waals surface area contributed by atoms with Crippen LogP contribution in [0.2, 0.25) is 5.02 Å². The minimum absolute atomic E-state index is 0.0487. The van der Waals surface area contributed by atoms with Crippen LogP contribution >= 0.6 is 35.1 Å². The number of carbonyl (C=O) groups excluding carboxylic acids is 1. The molecule has 0 saturated carbocycles. The zero-order valence-corrected chi connectivity index (χ0v) is 16.5. The molecule has 1 amide bonds. The Morgan fingerprint density at radius 1 is 1.16 bits per heavy atom. The van der Waals surface area contributed by atoms with Crippen molar-refractivity contribution in [1.82, 2.24) is 0 Å². The predicted molar refractivity (Wildman–Crippen MR) is 109 cm³/mol. The Bertz CT molecular complexity index is 744. The van der Waals surface area contributed by atoms with Gasteiger partial charge in [-0.1, -0.05) is 23.7 Å². The summed E-state index contributed by atoms with van der Waals surface area (Å²) >= 11 is 10.1. The van der Waals surface area contributed by atoms with Crippen molar-refractivity contribution < 1.29 is 9.53 Å². The van der Waals surface area contributed by atoms with Gasteiger partial charge in [-0.15, -0.1) is 23.5 Å². The quantitative estimate of drug-likeness (QED) is 0.690. The molecule has 1 aliphatic rings. The van der Waals surface area contributed by atoms with Gasteiger partial charge in [0.1, 0.15) is 5.75 Å². The third-order valence-electron chi connectivity index (χ3n) is 3.62. The number of thioether (sulfide) groups is 2. The summed E-state index contributed by atoms with van der Waals surface area (Å²) in [4.78, 5) is 12.4. The van der Waals surface area contributed by atoms with Crippen LogP contribution in [0.3, 0.4) is 0 Å². The molecular formula is C19H20ClNO2S2. The third-order valence-corrected chi connectivity index (χ3v) is 7.02. The number of hydrogen-bond donors (Lipinski definition) is 1. The standard InChI is InChI=1S/C19H20ClNO2S2/c1-12(2)23-17-8-7-15(11-16(17)20)21-18(22)13-3-5-14(6-4-13)19-24-9-10-25-19/h3-8,11-12,19H,9-10H2,1-2H3,(H,21,22). The molecule has 6 heteroatoms. The van der Waals surface area contributed by atoms with Gasteiger partial charge in [0, 0.05) is 22.8 Å². The smallest absolute Gasteiger partial charge is 0.255 e. The van der Waals surface area contributed by atoms with E-state index in [0.29, 0.717) is 26.6 Å². The van der Waals surface area contributed by atoms with E-state index in [1.807, 2.05) is 61.6 Å². The molecule has 25 heavy (non-hydrogen) atoms. The molecule has 1 fully saturated rings. The van der Waals surface area contributed by atoms with Crippen LogP contribution < -0.4 is 10.1 Å². The van der Waals surface area contributed by atoms with Gasteiger partial charge in [0.2, 0.25) is 0 Å². The molecule has 3 nitrogen and oxygen atoms in total. The Hall–Kier alpha value is -1.30. The highest BCUT2D eigenvalue weighted by molar-refractivity contribution is 8.19. The Morgan fingerprint density at radius 3 is 2.44 bits per heavy atom. The normalized spacial score (nSPS) is 14.7. The Balaban J connectivity index is 1.66. The number of halogens is 1. The molecule has 0 aromatic heterocycles. The second-order valence-electron chi connectivity index (χ2n) is 5.96. The van der Waals surface area contributed by atoms with Gasteiger partial charge in [-0.3, -0.25) is 4.79 Å². The fraction of sp³-hybridized carbons (Fsp3) is 0.316. The summed E-state index contributed by atoms with van der Waals surface area (Å²) in [5, 5.41) is 3.36. The second-order valence-corrected chi connectivity index (χ2v) is 9.09. The van der Waals surface area contributed by atoms with Gasteiger partial charge in [-0.05, 0) is 49.7 Å². The Kier molecular flexibility index (Phi) is 6.20. The van der Waals surface area contributed by atoms with Crippen molar-refractivity contribution in [2.45, 2.75) is 24.5 Å². The number of rotatable bonds is 5. The largest absolute Gasteiger partial charge is 0.489 e. The highest BCUT2D eigenvalue weighted by atomic mass is 35.5. The molecule has 0 bridgehead atoms. The molecule has 1 N–H and O–H groups in total. The molecule has 1 heterocycles. The van der Waals surface area contributed by atoms with Gasteiger partial charge in [0.15, 0.2) is 0 Å². The minimum Gasteiger partial charge on any atom is -0.489 e. The van der Waals surface area contributed by atoms with Crippen molar-refractivity contribution in [2.24, 2.45) is 0 Å². The van der Waals surface area contributed by atoms with Crippen LogP contribution in [-0.2, 0) is 0 Å². The van der Waals surface area contributed by atoms with Crippen molar-refractivity contribution in [1.29, 1.82) is 0 Å². The van der Waals surface area contributed by atoms with Crippen molar-refractivity contribution in [2.75, 3.05) is 16.8 Å². The first-order valence-corrected chi connectivity index (χ1v) is 10.6. The molecule has 132 valence electrons. The predicted octanol–water partition coefficient (Wildman–Crippen LogP) is 5.86. The monoisotopic (exact) mass is 393 g/mol. The first kappa shape index (κ1) is 18.5. The van der Waals surface area contributed by atoms with E-state index in [2.05, 4.69) is 5.32 Å². The van der Waals surface area contributed by atoms with E-state index >= 15 is 0 Å². The summed E-state index contributed by atoms with van der Waals surface area (Å²) in [7, 11) is 0. The minimum atomic E-state index is -0.146. The average molecular weight is 394 g/mol. The molecule has 0 radical (unpaired) electrons. The van der Waals surface area contributed by atoms with E-state index < -0.39 is 0 Å². The molecule has 1 aliphatic heterocycles. The molecule has 0 atom stereocenters. The van der Waals surface area contributed by atoms with Crippen LogP contribution in [0.1, 0.15) is 34.4 Å². The number of hydrogen-bond acceptors (Lipinski definition) is 4. The lowest BCUT2D eigenvalue weighted by Gasteiger charge is -2.13. The summed E-state index contributed by atoms with van der Waals surface area (Å²) < 4.78 is 6.09. The van der Waals surface area contributed by atoms with E-state index in [1.165, 1.54) is 17.1 Å².